The second kappa shape index (κ2) is 10.4. The van der Waals surface area contributed by atoms with Gasteiger partial charge in [0.15, 0.2) is 5.11 Å². The van der Waals surface area contributed by atoms with E-state index in [-0.39, 0.29) is 0 Å². The molecule has 1 aromatic rings. The van der Waals surface area contributed by atoms with E-state index in [4.69, 9.17) is 12.2 Å². The minimum atomic E-state index is 0.605. The maximum atomic E-state index is 5.58. The summed E-state index contributed by atoms with van der Waals surface area (Å²) in [5, 5.41) is 4.41. The van der Waals surface area contributed by atoms with Gasteiger partial charge in [0.1, 0.15) is 0 Å². The van der Waals surface area contributed by atoms with Gasteiger partial charge in [-0.25, -0.2) is 0 Å². The Labute approximate surface area is 171 Å². The highest BCUT2D eigenvalue weighted by Gasteiger charge is 2.31. The van der Waals surface area contributed by atoms with E-state index in [1.807, 2.05) is 0 Å². The summed E-state index contributed by atoms with van der Waals surface area (Å²) >= 11 is 5.58. The summed E-state index contributed by atoms with van der Waals surface area (Å²) in [7, 11) is 0. The van der Waals surface area contributed by atoms with E-state index in [0.717, 1.165) is 30.0 Å². The van der Waals surface area contributed by atoms with Crippen molar-refractivity contribution in [1.29, 1.82) is 0 Å². The van der Waals surface area contributed by atoms with Gasteiger partial charge in [0, 0.05) is 19.1 Å². The van der Waals surface area contributed by atoms with Gasteiger partial charge in [-0.3, -0.25) is 0 Å². The van der Waals surface area contributed by atoms with Crippen LogP contribution in [-0.4, -0.2) is 53.7 Å². The molecule has 2 heterocycles. The molecule has 1 N–H and O–H groups in total. The van der Waals surface area contributed by atoms with E-state index in [1.165, 1.54) is 63.7 Å². The van der Waals surface area contributed by atoms with Crippen molar-refractivity contribution in [3.63, 3.8) is 0 Å². The van der Waals surface area contributed by atoms with Crippen molar-refractivity contribution in [3.05, 3.63) is 35.9 Å². The maximum absolute atomic E-state index is 5.58. The van der Waals surface area contributed by atoms with Crippen molar-refractivity contribution in [1.82, 2.24) is 15.1 Å². The monoisotopic (exact) mass is 387 g/mol. The molecule has 3 nitrogen and oxygen atoms in total. The van der Waals surface area contributed by atoms with Crippen LogP contribution in [0.5, 0.6) is 0 Å². The summed E-state index contributed by atoms with van der Waals surface area (Å²) in [5.41, 5.74) is 1.47. The lowest BCUT2D eigenvalue weighted by Crippen LogP contribution is -2.42. The second-order valence-electron chi connectivity index (χ2n) is 8.85. The molecule has 0 spiro atoms. The first-order chi connectivity index (χ1) is 13.1. The van der Waals surface area contributed by atoms with Gasteiger partial charge in [0.2, 0.25) is 0 Å². The van der Waals surface area contributed by atoms with Crippen LogP contribution in [0.3, 0.4) is 0 Å². The van der Waals surface area contributed by atoms with Crippen LogP contribution < -0.4 is 5.32 Å². The first-order valence-electron chi connectivity index (χ1n) is 10.9. The fourth-order valence-electron chi connectivity index (χ4n) is 4.55. The fraction of sp³-hybridized carbons (Fsp3) is 0.696. The van der Waals surface area contributed by atoms with Crippen LogP contribution in [0.2, 0.25) is 0 Å². The Kier molecular flexibility index (Phi) is 7.95. The van der Waals surface area contributed by atoms with Crippen LogP contribution >= 0.6 is 12.2 Å². The highest BCUT2D eigenvalue weighted by atomic mass is 32.1. The number of aryl methyl sites for hydroxylation is 1. The van der Waals surface area contributed by atoms with Crippen LogP contribution in [0.1, 0.15) is 51.5 Å². The highest BCUT2D eigenvalue weighted by molar-refractivity contribution is 7.80. The minimum Gasteiger partial charge on any atom is -0.360 e. The summed E-state index contributed by atoms with van der Waals surface area (Å²) in [6.07, 6.45) is 7.73. The summed E-state index contributed by atoms with van der Waals surface area (Å²) in [6, 6.07) is 11.5. The van der Waals surface area contributed by atoms with Gasteiger partial charge < -0.3 is 15.1 Å². The molecule has 2 fully saturated rings. The molecule has 2 aliphatic heterocycles. The van der Waals surface area contributed by atoms with Gasteiger partial charge in [-0.15, -0.1) is 0 Å². The predicted molar refractivity (Wildman–Crippen MR) is 119 cm³/mol. The van der Waals surface area contributed by atoms with Crippen molar-refractivity contribution in [2.24, 2.45) is 11.8 Å². The molecule has 1 aromatic carbocycles. The molecule has 0 radical (unpaired) electrons. The van der Waals surface area contributed by atoms with Crippen molar-refractivity contribution in [2.45, 2.75) is 58.4 Å². The van der Waals surface area contributed by atoms with Crippen molar-refractivity contribution in [2.75, 3.05) is 32.7 Å². The number of unbranched alkanes of at least 4 members (excludes halogenated alkanes) is 1. The van der Waals surface area contributed by atoms with Crippen LogP contribution in [0.15, 0.2) is 30.3 Å². The van der Waals surface area contributed by atoms with E-state index in [0.29, 0.717) is 6.04 Å². The Hall–Kier alpha value is -1.13. The smallest absolute Gasteiger partial charge is 0.169 e. The van der Waals surface area contributed by atoms with Crippen molar-refractivity contribution >= 4 is 17.3 Å². The zero-order chi connectivity index (χ0) is 19.1. The third-order valence-corrected chi connectivity index (χ3v) is 6.51. The number of likely N-dealkylation sites (tertiary alicyclic amines) is 1. The molecule has 0 unspecified atom stereocenters. The highest BCUT2D eigenvalue weighted by Crippen LogP contribution is 2.23. The number of benzene rings is 1. The summed E-state index contributed by atoms with van der Waals surface area (Å²) < 4.78 is 0. The predicted octanol–water partition coefficient (Wildman–Crippen LogP) is 4.33. The van der Waals surface area contributed by atoms with Gasteiger partial charge in [-0.2, -0.15) is 0 Å². The first kappa shape index (κ1) is 20.6. The van der Waals surface area contributed by atoms with Gasteiger partial charge in [-0.1, -0.05) is 44.2 Å². The lowest BCUT2D eigenvalue weighted by Gasteiger charge is -2.36. The SMILES string of the molecule is CC(C)C[C@H]1CNC(=S)N1CC1CCN(CCCCc2ccccc2)CC1. The molecule has 27 heavy (non-hydrogen) atoms. The Morgan fingerprint density at radius 1 is 1.11 bits per heavy atom. The number of thiocarbonyl (C=S) groups is 1. The van der Waals surface area contributed by atoms with Crippen LogP contribution in [0.25, 0.3) is 0 Å². The first-order valence-corrected chi connectivity index (χ1v) is 11.3. The van der Waals surface area contributed by atoms with Gasteiger partial charge in [0.05, 0.1) is 0 Å². The number of rotatable bonds is 9. The minimum absolute atomic E-state index is 0.605. The summed E-state index contributed by atoms with van der Waals surface area (Å²) in [6.45, 7) is 10.6. The lowest BCUT2D eigenvalue weighted by atomic mass is 9.94. The summed E-state index contributed by atoms with van der Waals surface area (Å²) in [4.78, 5) is 5.17. The molecule has 4 heteroatoms. The molecule has 150 valence electrons. The normalized spacial score (nSPS) is 21.8. The second-order valence-corrected chi connectivity index (χ2v) is 9.24. The average molecular weight is 388 g/mol. The number of nitrogens with one attached hydrogen (secondary N) is 1. The Morgan fingerprint density at radius 2 is 1.85 bits per heavy atom. The fourth-order valence-corrected chi connectivity index (χ4v) is 4.86. The molecule has 3 rings (SSSR count). The Morgan fingerprint density at radius 3 is 2.56 bits per heavy atom. The number of hydrogen-bond acceptors (Lipinski definition) is 2. The molecule has 2 aliphatic rings. The standard InChI is InChI=1S/C23H37N3S/c1-19(2)16-22-17-24-23(27)26(22)18-21-11-14-25(15-12-21)13-7-6-10-20-8-4-3-5-9-20/h3-5,8-9,19,21-22H,6-7,10-18H2,1-2H3,(H,24,27)/t22-/m0/s1. The van der Waals surface area contributed by atoms with Gasteiger partial charge >= 0.3 is 0 Å². The number of piperidine rings is 1. The van der Waals surface area contributed by atoms with E-state index in [2.05, 4.69) is 59.3 Å². The maximum Gasteiger partial charge on any atom is 0.169 e. The lowest BCUT2D eigenvalue weighted by molar-refractivity contribution is 0.155. The van der Waals surface area contributed by atoms with E-state index < -0.39 is 0 Å². The molecule has 0 saturated carbocycles. The van der Waals surface area contributed by atoms with Crippen LogP contribution in [0.4, 0.5) is 0 Å². The number of hydrogen-bond donors (Lipinski definition) is 1. The average Bonchev–Trinajstić information content (AvgIpc) is 3.00. The topological polar surface area (TPSA) is 18.5 Å². The van der Waals surface area contributed by atoms with Gasteiger partial charge in [-0.05, 0) is 87.8 Å². The number of nitrogens with zero attached hydrogens (tertiary/aromatic N) is 2. The Bertz CT molecular complexity index is 566. The van der Waals surface area contributed by atoms with Gasteiger partial charge in [0.25, 0.3) is 0 Å². The summed E-state index contributed by atoms with van der Waals surface area (Å²) in [5.74, 6) is 1.54. The molecule has 0 aromatic heterocycles. The van der Waals surface area contributed by atoms with Crippen LogP contribution in [-0.2, 0) is 6.42 Å². The largest absolute Gasteiger partial charge is 0.360 e. The molecule has 0 aliphatic carbocycles. The third-order valence-electron chi connectivity index (χ3n) is 6.13. The third kappa shape index (κ3) is 6.46. The van der Waals surface area contributed by atoms with Crippen molar-refractivity contribution < 1.29 is 0 Å². The van der Waals surface area contributed by atoms with E-state index in [1.54, 1.807) is 0 Å². The van der Waals surface area contributed by atoms with Crippen LogP contribution in [0, 0.1) is 11.8 Å². The molecule has 2 saturated heterocycles. The molecular weight excluding hydrogens is 350 g/mol. The van der Waals surface area contributed by atoms with E-state index in [9.17, 15) is 0 Å². The molecule has 0 bridgehead atoms. The quantitative estimate of drug-likeness (QED) is 0.502. The molecular formula is C23H37N3S. The van der Waals surface area contributed by atoms with E-state index >= 15 is 0 Å². The molecule has 0 amide bonds. The zero-order valence-electron chi connectivity index (χ0n) is 17.2. The van der Waals surface area contributed by atoms with Crippen molar-refractivity contribution in [3.8, 4) is 0 Å². The molecule has 1 atom stereocenters. The Balaban J connectivity index is 1.33. The zero-order valence-corrected chi connectivity index (χ0v) is 18.0.